The first-order chi connectivity index (χ1) is 17.3. The van der Waals surface area contributed by atoms with E-state index in [-0.39, 0.29) is 24.2 Å². The van der Waals surface area contributed by atoms with Gasteiger partial charge in [-0.2, -0.15) is 18.2 Å². The zero-order chi connectivity index (χ0) is 25.5. The van der Waals surface area contributed by atoms with E-state index < -0.39 is 11.7 Å². The third-order valence-corrected chi connectivity index (χ3v) is 6.25. The quantitative estimate of drug-likeness (QED) is 0.470. The molecule has 1 amide bonds. The van der Waals surface area contributed by atoms with Crippen LogP contribution in [0.3, 0.4) is 0 Å². The van der Waals surface area contributed by atoms with Gasteiger partial charge in [0.1, 0.15) is 11.4 Å². The Hall–Kier alpha value is -3.12. The van der Waals surface area contributed by atoms with Gasteiger partial charge in [0.25, 0.3) is 0 Å². The first-order valence-corrected chi connectivity index (χ1v) is 12.2. The number of nitrogens with zero attached hydrogens (tertiary/aromatic N) is 4. The van der Waals surface area contributed by atoms with E-state index in [1.54, 1.807) is 4.90 Å². The maximum absolute atomic E-state index is 13.6. The van der Waals surface area contributed by atoms with Crippen molar-refractivity contribution in [2.45, 2.75) is 25.9 Å². The number of carbonyl (C=O) groups excluding carboxylic acids is 1. The first kappa shape index (κ1) is 26.0. The Bertz CT molecular complexity index is 1040. The average Bonchev–Trinajstić information content (AvgIpc) is 3.07. The van der Waals surface area contributed by atoms with Crippen LogP contribution in [0.1, 0.15) is 24.0 Å². The second-order valence-corrected chi connectivity index (χ2v) is 8.84. The zero-order valence-corrected chi connectivity index (χ0v) is 20.3. The topological polar surface area (TPSA) is 94.6 Å². The van der Waals surface area contributed by atoms with Crippen LogP contribution in [0.15, 0.2) is 24.4 Å². The molecule has 0 spiro atoms. The molecule has 4 rings (SSSR count). The standard InChI is InChI=1S/C24H32F3N7O2/c1-17-15-18(33-10-7-28-8-11-33)3-4-20(17)31-23-30-16-19(24(25,26)27)22(32-23)29-6-2-9-34-12-14-36-13-5-21(34)35/h3-4,15-16,28H,2,5-14H2,1H3,(H2,29,30,31,32). The number of aromatic nitrogens is 2. The van der Waals surface area contributed by atoms with Crippen molar-refractivity contribution in [3.63, 3.8) is 0 Å². The monoisotopic (exact) mass is 507 g/mol. The predicted octanol–water partition coefficient (Wildman–Crippen LogP) is 3.01. The molecule has 2 aliphatic heterocycles. The molecule has 2 aliphatic rings. The molecule has 0 unspecified atom stereocenters. The van der Waals surface area contributed by atoms with Crippen molar-refractivity contribution < 1.29 is 22.7 Å². The van der Waals surface area contributed by atoms with Gasteiger partial charge in [-0.15, -0.1) is 0 Å². The molecule has 3 N–H and O–H groups in total. The number of hydrogen-bond donors (Lipinski definition) is 3. The third kappa shape index (κ3) is 6.76. The Kier molecular flexibility index (Phi) is 8.47. The van der Waals surface area contributed by atoms with Gasteiger partial charge in [-0.25, -0.2) is 4.98 Å². The molecule has 0 atom stereocenters. The van der Waals surface area contributed by atoms with E-state index in [9.17, 15) is 18.0 Å². The smallest absolute Gasteiger partial charge is 0.379 e. The summed E-state index contributed by atoms with van der Waals surface area (Å²) < 4.78 is 46.0. The first-order valence-electron chi connectivity index (χ1n) is 12.2. The summed E-state index contributed by atoms with van der Waals surface area (Å²) in [5.74, 6) is -0.223. The fourth-order valence-electron chi connectivity index (χ4n) is 4.24. The second-order valence-electron chi connectivity index (χ2n) is 8.84. The largest absolute Gasteiger partial charge is 0.421 e. The van der Waals surface area contributed by atoms with Crippen LogP contribution in [-0.2, 0) is 15.7 Å². The van der Waals surface area contributed by atoms with Crippen LogP contribution in [0.4, 0.5) is 36.3 Å². The number of halogens is 3. The highest BCUT2D eigenvalue weighted by molar-refractivity contribution is 5.76. The van der Waals surface area contributed by atoms with E-state index in [1.807, 2.05) is 25.1 Å². The van der Waals surface area contributed by atoms with E-state index in [0.29, 0.717) is 39.1 Å². The number of benzene rings is 1. The van der Waals surface area contributed by atoms with Gasteiger partial charge in [-0.1, -0.05) is 0 Å². The number of aryl methyl sites for hydroxylation is 1. The molecule has 0 radical (unpaired) electrons. The van der Waals surface area contributed by atoms with Crippen molar-refractivity contribution in [1.82, 2.24) is 20.2 Å². The number of anilines is 4. The number of piperazine rings is 1. The second kappa shape index (κ2) is 11.7. The van der Waals surface area contributed by atoms with Crippen molar-refractivity contribution in [1.29, 1.82) is 0 Å². The molecule has 0 aliphatic carbocycles. The van der Waals surface area contributed by atoms with Crippen molar-refractivity contribution >= 4 is 29.0 Å². The number of amides is 1. The normalized spacial score (nSPS) is 17.2. The van der Waals surface area contributed by atoms with Crippen LogP contribution in [0, 0.1) is 6.92 Å². The fourth-order valence-corrected chi connectivity index (χ4v) is 4.24. The van der Waals surface area contributed by atoms with Crippen LogP contribution in [0.2, 0.25) is 0 Å². The lowest BCUT2D eigenvalue weighted by Crippen LogP contribution is -2.43. The van der Waals surface area contributed by atoms with E-state index in [1.165, 1.54) is 0 Å². The van der Waals surface area contributed by atoms with Crippen molar-refractivity contribution in [2.24, 2.45) is 0 Å². The number of hydrogen-bond acceptors (Lipinski definition) is 8. The molecule has 2 saturated heterocycles. The predicted molar refractivity (Wildman–Crippen MR) is 132 cm³/mol. The molecule has 1 aromatic carbocycles. The van der Waals surface area contributed by atoms with Gasteiger partial charge >= 0.3 is 6.18 Å². The number of carbonyl (C=O) groups is 1. The summed E-state index contributed by atoms with van der Waals surface area (Å²) >= 11 is 0. The Morgan fingerprint density at radius 2 is 1.97 bits per heavy atom. The van der Waals surface area contributed by atoms with Crippen LogP contribution in [-0.4, -0.2) is 79.8 Å². The van der Waals surface area contributed by atoms with Gasteiger partial charge in [0.2, 0.25) is 11.9 Å². The zero-order valence-electron chi connectivity index (χ0n) is 20.3. The minimum Gasteiger partial charge on any atom is -0.379 e. The molecule has 9 nitrogen and oxygen atoms in total. The Balaban J connectivity index is 1.42. The van der Waals surface area contributed by atoms with Crippen molar-refractivity contribution in [2.75, 3.05) is 74.6 Å². The summed E-state index contributed by atoms with van der Waals surface area (Å²) in [5.41, 5.74) is 1.83. The number of alkyl halides is 3. The maximum atomic E-state index is 13.6. The van der Waals surface area contributed by atoms with Crippen LogP contribution < -0.4 is 20.9 Å². The van der Waals surface area contributed by atoms with Gasteiger partial charge in [0.15, 0.2) is 0 Å². The summed E-state index contributed by atoms with van der Waals surface area (Å²) in [7, 11) is 0. The summed E-state index contributed by atoms with van der Waals surface area (Å²) in [6, 6.07) is 5.92. The maximum Gasteiger partial charge on any atom is 0.421 e. The number of rotatable bonds is 8. The van der Waals surface area contributed by atoms with E-state index in [0.717, 1.165) is 49.3 Å². The van der Waals surface area contributed by atoms with Crippen LogP contribution in [0.25, 0.3) is 0 Å². The van der Waals surface area contributed by atoms with Crippen molar-refractivity contribution in [3.05, 3.63) is 35.5 Å². The Labute approximate surface area is 208 Å². The molecule has 12 heteroatoms. The minimum atomic E-state index is -4.60. The molecular formula is C24H32F3N7O2. The Morgan fingerprint density at radius 1 is 1.17 bits per heavy atom. The van der Waals surface area contributed by atoms with E-state index in [2.05, 4.69) is 30.8 Å². The molecule has 36 heavy (non-hydrogen) atoms. The SMILES string of the molecule is Cc1cc(N2CCNCC2)ccc1Nc1ncc(C(F)(F)F)c(NCCCN2CCOCCC2=O)n1. The lowest BCUT2D eigenvalue weighted by Gasteiger charge is -2.30. The van der Waals surface area contributed by atoms with Gasteiger partial charge < -0.3 is 30.5 Å². The molecule has 0 bridgehead atoms. The van der Waals surface area contributed by atoms with Crippen LogP contribution >= 0.6 is 0 Å². The van der Waals surface area contributed by atoms with Gasteiger partial charge in [0.05, 0.1) is 19.6 Å². The number of ether oxygens (including phenoxy) is 1. The highest BCUT2D eigenvalue weighted by Gasteiger charge is 2.35. The van der Waals surface area contributed by atoms with Crippen LogP contribution in [0.5, 0.6) is 0 Å². The Morgan fingerprint density at radius 3 is 2.72 bits per heavy atom. The van der Waals surface area contributed by atoms with Crippen molar-refractivity contribution in [3.8, 4) is 0 Å². The summed E-state index contributed by atoms with van der Waals surface area (Å²) in [5, 5.41) is 9.16. The van der Waals surface area contributed by atoms with Gasteiger partial charge in [-0.05, 0) is 37.1 Å². The van der Waals surface area contributed by atoms with Gasteiger partial charge in [0, 0.05) is 63.4 Å². The molecule has 0 saturated carbocycles. The van der Waals surface area contributed by atoms with E-state index >= 15 is 0 Å². The highest BCUT2D eigenvalue weighted by Crippen LogP contribution is 2.34. The fraction of sp³-hybridized carbons (Fsp3) is 0.542. The summed E-state index contributed by atoms with van der Waals surface area (Å²) in [6.45, 7) is 7.65. The molecule has 2 aromatic rings. The lowest BCUT2D eigenvalue weighted by atomic mass is 10.1. The minimum absolute atomic E-state index is 0.00431. The van der Waals surface area contributed by atoms with Gasteiger partial charge in [-0.3, -0.25) is 4.79 Å². The molecule has 1 aromatic heterocycles. The molecule has 3 heterocycles. The summed E-state index contributed by atoms with van der Waals surface area (Å²) in [6.07, 6.45) is -3.01. The average molecular weight is 508 g/mol. The number of nitrogens with one attached hydrogen (secondary N) is 3. The summed E-state index contributed by atoms with van der Waals surface area (Å²) in [4.78, 5) is 24.1. The lowest BCUT2D eigenvalue weighted by molar-refractivity contribution is -0.137. The molecular weight excluding hydrogens is 475 g/mol. The van der Waals surface area contributed by atoms with E-state index in [4.69, 9.17) is 4.74 Å². The molecule has 2 fully saturated rings. The third-order valence-electron chi connectivity index (χ3n) is 6.25. The molecule has 196 valence electrons. The highest BCUT2D eigenvalue weighted by atomic mass is 19.4.